The van der Waals surface area contributed by atoms with Gasteiger partial charge in [-0.1, -0.05) is 43.5 Å². The van der Waals surface area contributed by atoms with Crippen molar-refractivity contribution in [2.45, 2.75) is 45.6 Å². The first-order chi connectivity index (χ1) is 12.2. The van der Waals surface area contributed by atoms with E-state index in [1.807, 2.05) is 36.1 Å². The fourth-order valence-corrected chi connectivity index (χ4v) is 4.29. The molecule has 132 valence electrons. The Hall–Kier alpha value is -2.24. The van der Waals surface area contributed by atoms with Crippen LogP contribution in [-0.2, 0) is 11.3 Å². The summed E-state index contributed by atoms with van der Waals surface area (Å²) in [5.74, 6) is 2.21. The van der Waals surface area contributed by atoms with Crippen molar-refractivity contribution in [2.24, 2.45) is 11.8 Å². The Morgan fingerprint density at radius 2 is 1.96 bits per heavy atom. The molecule has 1 saturated carbocycles. The van der Waals surface area contributed by atoms with Crippen molar-refractivity contribution in [3.63, 3.8) is 0 Å². The predicted molar refractivity (Wildman–Crippen MR) is 94.6 cm³/mol. The number of benzene rings is 1. The Morgan fingerprint density at radius 1 is 1.16 bits per heavy atom. The average molecular weight is 339 g/mol. The van der Waals surface area contributed by atoms with Gasteiger partial charge in [-0.2, -0.15) is 4.80 Å². The maximum Gasteiger partial charge on any atom is 0.246 e. The van der Waals surface area contributed by atoms with E-state index >= 15 is 0 Å². The highest BCUT2D eigenvalue weighted by molar-refractivity contribution is 5.76. The zero-order chi connectivity index (χ0) is 17.2. The fraction of sp³-hybridized carbons (Fsp3) is 0.579. The molecule has 2 fully saturated rings. The van der Waals surface area contributed by atoms with Crippen LogP contribution in [0.2, 0.25) is 0 Å². The van der Waals surface area contributed by atoms with E-state index < -0.39 is 0 Å². The third-order valence-electron chi connectivity index (χ3n) is 5.76. The molecule has 0 N–H and O–H groups in total. The van der Waals surface area contributed by atoms with E-state index in [9.17, 15) is 4.79 Å². The second-order valence-electron chi connectivity index (χ2n) is 7.39. The number of carbonyl (C=O) groups excluding carboxylic acids is 1. The lowest BCUT2D eigenvalue weighted by atomic mass is 9.75. The van der Waals surface area contributed by atoms with Crippen LogP contribution in [0.5, 0.6) is 0 Å². The Balaban J connectivity index is 1.41. The molecule has 6 nitrogen and oxygen atoms in total. The van der Waals surface area contributed by atoms with E-state index in [1.165, 1.54) is 30.5 Å². The average Bonchev–Trinajstić information content (AvgIpc) is 3.10. The third kappa shape index (κ3) is 3.43. The van der Waals surface area contributed by atoms with Crippen LogP contribution in [-0.4, -0.2) is 44.1 Å². The van der Waals surface area contributed by atoms with E-state index in [0.29, 0.717) is 11.7 Å². The van der Waals surface area contributed by atoms with Gasteiger partial charge in [0.25, 0.3) is 0 Å². The molecule has 2 aliphatic rings. The summed E-state index contributed by atoms with van der Waals surface area (Å²) in [6.45, 7) is 3.98. The van der Waals surface area contributed by atoms with Gasteiger partial charge in [0.15, 0.2) is 0 Å². The summed E-state index contributed by atoms with van der Waals surface area (Å²) in [6.07, 6.45) is 6.44. The van der Waals surface area contributed by atoms with Gasteiger partial charge in [-0.05, 0) is 42.4 Å². The number of hydrogen-bond donors (Lipinski definition) is 0. The Bertz CT molecular complexity index is 756. The van der Waals surface area contributed by atoms with Gasteiger partial charge in [-0.3, -0.25) is 4.79 Å². The van der Waals surface area contributed by atoms with Crippen LogP contribution < -0.4 is 0 Å². The third-order valence-corrected chi connectivity index (χ3v) is 5.76. The largest absolute Gasteiger partial charge is 0.341 e. The minimum Gasteiger partial charge on any atom is -0.341 e. The summed E-state index contributed by atoms with van der Waals surface area (Å²) < 4.78 is 0. The molecule has 2 heterocycles. The lowest BCUT2D eigenvalue weighted by Crippen LogP contribution is -2.46. The van der Waals surface area contributed by atoms with E-state index in [-0.39, 0.29) is 12.5 Å². The molecule has 1 aromatic carbocycles. The maximum atomic E-state index is 12.7. The molecular formula is C19H25N5O. The van der Waals surface area contributed by atoms with Gasteiger partial charge in [0.1, 0.15) is 6.54 Å². The van der Waals surface area contributed by atoms with Crippen LogP contribution in [0.1, 0.15) is 37.7 Å². The highest BCUT2D eigenvalue weighted by atomic mass is 16.2. The van der Waals surface area contributed by atoms with Gasteiger partial charge >= 0.3 is 0 Å². The van der Waals surface area contributed by atoms with Crippen LogP contribution in [0.25, 0.3) is 11.4 Å². The fourth-order valence-electron chi connectivity index (χ4n) is 4.29. The molecule has 1 amide bonds. The first-order valence-electron chi connectivity index (χ1n) is 9.32. The van der Waals surface area contributed by atoms with Crippen molar-refractivity contribution in [1.82, 2.24) is 25.1 Å². The molecular weight excluding hydrogens is 314 g/mol. The van der Waals surface area contributed by atoms with Crippen LogP contribution in [0, 0.1) is 18.8 Å². The summed E-state index contributed by atoms with van der Waals surface area (Å²) in [5, 5.41) is 12.6. The topological polar surface area (TPSA) is 63.9 Å². The van der Waals surface area contributed by atoms with E-state index in [2.05, 4.69) is 15.4 Å². The Labute approximate surface area is 148 Å². The lowest BCUT2D eigenvalue weighted by molar-refractivity contribution is -0.135. The van der Waals surface area contributed by atoms with Crippen molar-refractivity contribution in [3.8, 4) is 11.4 Å². The highest BCUT2D eigenvalue weighted by Gasteiger charge is 2.33. The van der Waals surface area contributed by atoms with Crippen molar-refractivity contribution in [3.05, 3.63) is 29.8 Å². The summed E-state index contributed by atoms with van der Waals surface area (Å²) in [6, 6.07) is 7.95. The van der Waals surface area contributed by atoms with Gasteiger partial charge in [0.05, 0.1) is 0 Å². The zero-order valence-electron chi connectivity index (χ0n) is 14.8. The second-order valence-corrected chi connectivity index (χ2v) is 7.39. The molecule has 4 rings (SSSR count). The number of hydrogen-bond acceptors (Lipinski definition) is 4. The van der Waals surface area contributed by atoms with Crippen LogP contribution in [0.15, 0.2) is 24.3 Å². The summed E-state index contributed by atoms with van der Waals surface area (Å²) >= 11 is 0. The number of likely N-dealkylation sites (tertiary alicyclic amines) is 1. The molecule has 0 radical (unpaired) electrons. The summed E-state index contributed by atoms with van der Waals surface area (Å²) in [5.41, 5.74) is 2.07. The number of amides is 1. The van der Waals surface area contributed by atoms with Crippen LogP contribution in [0.4, 0.5) is 0 Å². The quantitative estimate of drug-likeness (QED) is 0.862. The number of tetrazole rings is 1. The van der Waals surface area contributed by atoms with E-state index in [4.69, 9.17) is 0 Å². The SMILES string of the molecule is Cc1ccccc1-c1nnn(CC(=O)N2CC[C@H]3CCCC[C@@H]3C2)n1. The lowest BCUT2D eigenvalue weighted by Gasteiger charge is -2.41. The van der Waals surface area contributed by atoms with Crippen molar-refractivity contribution in [2.75, 3.05) is 13.1 Å². The maximum absolute atomic E-state index is 12.7. The number of piperidine rings is 1. The van der Waals surface area contributed by atoms with Gasteiger partial charge in [0.2, 0.25) is 11.7 Å². The molecule has 1 aliphatic heterocycles. The highest BCUT2D eigenvalue weighted by Crippen LogP contribution is 2.36. The first-order valence-corrected chi connectivity index (χ1v) is 9.32. The summed E-state index contributed by atoms with van der Waals surface area (Å²) in [7, 11) is 0. The number of aromatic nitrogens is 4. The molecule has 6 heteroatoms. The number of carbonyl (C=O) groups is 1. The molecule has 1 aromatic heterocycles. The standard InChI is InChI=1S/C19H25N5O/c1-14-6-2-5-9-17(14)19-20-22-24(21-19)13-18(25)23-11-10-15-7-3-4-8-16(15)12-23/h2,5-6,9,15-16H,3-4,7-8,10-13H2,1H3/t15-,16-/m1/s1. The molecule has 0 bridgehead atoms. The molecule has 25 heavy (non-hydrogen) atoms. The number of aryl methyl sites for hydroxylation is 1. The monoisotopic (exact) mass is 339 g/mol. The Morgan fingerprint density at radius 3 is 2.80 bits per heavy atom. The van der Waals surface area contributed by atoms with Crippen molar-refractivity contribution >= 4 is 5.91 Å². The first kappa shape index (κ1) is 16.2. The normalized spacial score (nSPS) is 23.3. The van der Waals surface area contributed by atoms with Gasteiger partial charge in [0, 0.05) is 18.7 Å². The molecule has 2 aromatic rings. The molecule has 2 atom stereocenters. The number of fused-ring (bicyclic) bond motifs is 1. The number of rotatable bonds is 3. The van der Waals surface area contributed by atoms with Crippen LogP contribution in [0.3, 0.4) is 0 Å². The summed E-state index contributed by atoms with van der Waals surface area (Å²) in [4.78, 5) is 16.1. The van der Waals surface area contributed by atoms with Crippen molar-refractivity contribution in [1.29, 1.82) is 0 Å². The second kappa shape index (κ2) is 6.94. The minimum absolute atomic E-state index is 0.109. The van der Waals surface area contributed by atoms with Gasteiger partial charge in [-0.25, -0.2) is 0 Å². The molecule has 1 aliphatic carbocycles. The molecule has 0 spiro atoms. The van der Waals surface area contributed by atoms with Crippen molar-refractivity contribution < 1.29 is 4.79 Å². The Kier molecular flexibility index (Phi) is 4.51. The molecule has 0 unspecified atom stereocenters. The zero-order valence-corrected chi connectivity index (χ0v) is 14.8. The molecule has 1 saturated heterocycles. The predicted octanol–water partition coefficient (Wildman–Crippen LogP) is 2.69. The van der Waals surface area contributed by atoms with Crippen LogP contribution >= 0.6 is 0 Å². The minimum atomic E-state index is 0.109. The van der Waals surface area contributed by atoms with Gasteiger partial charge < -0.3 is 4.90 Å². The smallest absolute Gasteiger partial charge is 0.246 e. The van der Waals surface area contributed by atoms with E-state index in [1.54, 1.807) is 0 Å². The van der Waals surface area contributed by atoms with Gasteiger partial charge in [-0.15, -0.1) is 10.2 Å². The number of nitrogens with zero attached hydrogens (tertiary/aromatic N) is 5. The van der Waals surface area contributed by atoms with E-state index in [0.717, 1.165) is 36.6 Å².